The second-order valence-corrected chi connectivity index (χ2v) is 3.97. The lowest BCUT2D eigenvalue weighted by Crippen LogP contribution is -2.58. The molecule has 0 unspecified atom stereocenters. The van der Waals surface area contributed by atoms with Gasteiger partial charge in [0, 0.05) is 5.33 Å². The molecule has 0 saturated carbocycles. The molecule has 0 N–H and O–H groups in total. The zero-order valence-electron chi connectivity index (χ0n) is 5.52. The summed E-state index contributed by atoms with van der Waals surface area (Å²) in [7, 11) is 4.55. The molecule has 0 aromatic carbocycles. The third-order valence-electron chi connectivity index (χ3n) is 1.72. The first-order valence-corrected chi connectivity index (χ1v) is 4.14. The van der Waals surface area contributed by atoms with Crippen molar-refractivity contribution in [3.63, 3.8) is 0 Å². The maximum Gasteiger partial charge on any atom is 0.0874 e. The zero-order valence-corrected chi connectivity index (χ0v) is 7.11. The fourth-order valence-corrected chi connectivity index (χ4v) is 1.85. The van der Waals surface area contributed by atoms with Crippen LogP contribution >= 0.6 is 15.9 Å². The normalized spacial score (nSPS) is 27.4. The van der Waals surface area contributed by atoms with Crippen LogP contribution in [0.3, 0.4) is 0 Å². The first-order chi connectivity index (χ1) is 3.64. The van der Waals surface area contributed by atoms with Crippen LogP contribution in [0.1, 0.15) is 0 Å². The first-order valence-electron chi connectivity index (χ1n) is 3.02. The predicted octanol–water partition coefficient (Wildman–Crippen LogP) is 1.09. The van der Waals surface area contributed by atoms with Crippen molar-refractivity contribution in [1.29, 1.82) is 0 Å². The highest BCUT2D eigenvalue weighted by molar-refractivity contribution is 9.09. The van der Waals surface area contributed by atoms with Crippen molar-refractivity contribution in [2.45, 2.75) is 0 Å². The van der Waals surface area contributed by atoms with E-state index in [1.807, 2.05) is 0 Å². The van der Waals surface area contributed by atoms with E-state index in [1.54, 1.807) is 0 Å². The van der Waals surface area contributed by atoms with E-state index >= 15 is 0 Å². The van der Waals surface area contributed by atoms with Gasteiger partial charge in [-0.25, -0.2) is 0 Å². The summed E-state index contributed by atoms with van der Waals surface area (Å²) >= 11 is 3.47. The Morgan fingerprint density at radius 3 is 2.12 bits per heavy atom. The number of hydrogen-bond donors (Lipinski definition) is 0. The lowest BCUT2D eigenvalue weighted by molar-refractivity contribution is -0.937. The van der Waals surface area contributed by atoms with Crippen LogP contribution in [0.15, 0.2) is 0 Å². The summed E-state index contributed by atoms with van der Waals surface area (Å²) in [5, 5.41) is 1.19. The van der Waals surface area contributed by atoms with Gasteiger partial charge in [0.15, 0.2) is 0 Å². The molecule has 1 aliphatic heterocycles. The van der Waals surface area contributed by atoms with Gasteiger partial charge in [0.2, 0.25) is 0 Å². The summed E-state index contributed by atoms with van der Waals surface area (Å²) in [6.07, 6.45) is 0. The lowest BCUT2D eigenvalue weighted by atomic mass is 10.0. The van der Waals surface area contributed by atoms with Crippen molar-refractivity contribution in [3.05, 3.63) is 0 Å². The van der Waals surface area contributed by atoms with Crippen LogP contribution in [-0.2, 0) is 0 Å². The molecule has 0 amide bonds. The summed E-state index contributed by atoms with van der Waals surface area (Å²) in [6.45, 7) is 2.70. The molecule has 1 heterocycles. The van der Waals surface area contributed by atoms with Crippen molar-refractivity contribution in [3.8, 4) is 0 Å². The average Bonchev–Trinajstić information content (AvgIpc) is 1.60. The predicted molar refractivity (Wildman–Crippen MR) is 39.1 cm³/mol. The number of alkyl halides is 1. The first kappa shape index (κ1) is 6.56. The van der Waals surface area contributed by atoms with Crippen molar-refractivity contribution in [2.75, 3.05) is 32.5 Å². The van der Waals surface area contributed by atoms with Gasteiger partial charge >= 0.3 is 0 Å². The molecular formula is C6H13BrN+. The Balaban J connectivity index is 2.21. The summed E-state index contributed by atoms with van der Waals surface area (Å²) in [5.74, 6) is 0.949. The highest BCUT2D eigenvalue weighted by Gasteiger charge is 2.35. The molecule has 1 aliphatic rings. The number of likely N-dealkylation sites (tertiary alicyclic amines) is 1. The summed E-state index contributed by atoms with van der Waals surface area (Å²) < 4.78 is 1.22. The Labute approximate surface area is 59.4 Å². The largest absolute Gasteiger partial charge is 0.328 e. The summed E-state index contributed by atoms with van der Waals surface area (Å²) in [6, 6.07) is 0. The molecule has 2 heteroatoms. The van der Waals surface area contributed by atoms with Crippen molar-refractivity contribution in [1.82, 2.24) is 0 Å². The number of rotatable bonds is 1. The van der Waals surface area contributed by atoms with Gasteiger partial charge in [0.25, 0.3) is 0 Å². The second kappa shape index (κ2) is 1.99. The zero-order chi connectivity index (χ0) is 6.20. The van der Waals surface area contributed by atoms with Crippen LogP contribution in [0.2, 0.25) is 0 Å². The van der Waals surface area contributed by atoms with Gasteiger partial charge in [0.05, 0.1) is 33.1 Å². The molecule has 0 aromatic rings. The number of hydrogen-bond acceptors (Lipinski definition) is 0. The molecule has 1 nitrogen and oxygen atoms in total. The van der Waals surface area contributed by atoms with Gasteiger partial charge in [-0.1, -0.05) is 15.9 Å². The molecule has 1 saturated heterocycles. The minimum Gasteiger partial charge on any atom is -0.328 e. The van der Waals surface area contributed by atoms with Gasteiger partial charge in [-0.2, -0.15) is 0 Å². The maximum atomic E-state index is 3.47. The van der Waals surface area contributed by atoms with Crippen LogP contribution in [0.4, 0.5) is 0 Å². The van der Waals surface area contributed by atoms with Gasteiger partial charge < -0.3 is 4.48 Å². The molecule has 0 radical (unpaired) electrons. The third kappa shape index (κ3) is 1.23. The van der Waals surface area contributed by atoms with Gasteiger partial charge in [0.1, 0.15) is 0 Å². The monoisotopic (exact) mass is 178 g/mol. The van der Waals surface area contributed by atoms with Gasteiger partial charge in [-0.3, -0.25) is 0 Å². The van der Waals surface area contributed by atoms with E-state index in [4.69, 9.17) is 0 Å². The maximum absolute atomic E-state index is 3.47. The molecule has 48 valence electrons. The van der Waals surface area contributed by atoms with E-state index < -0.39 is 0 Å². The average molecular weight is 179 g/mol. The van der Waals surface area contributed by atoms with Crippen molar-refractivity contribution >= 4 is 15.9 Å². The molecule has 0 aliphatic carbocycles. The Morgan fingerprint density at radius 1 is 1.50 bits per heavy atom. The molecular weight excluding hydrogens is 166 g/mol. The SMILES string of the molecule is C[N+]1(C)CC(CBr)C1. The summed E-state index contributed by atoms with van der Waals surface area (Å²) in [4.78, 5) is 0. The molecule has 1 rings (SSSR count). The Bertz CT molecular complexity index is 82.5. The Kier molecular flexibility index (Phi) is 1.63. The highest BCUT2D eigenvalue weighted by atomic mass is 79.9. The standard InChI is InChI=1S/C6H13BrN/c1-8(2)4-6(3-7)5-8/h6H,3-5H2,1-2H3/q+1. The van der Waals surface area contributed by atoms with Crippen molar-refractivity contribution < 1.29 is 4.48 Å². The Morgan fingerprint density at radius 2 is 2.00 bits per heavy atom. The van der Waals surface area contributed by atoms with E-state index in [0.29, 0.717) is 0 Å². The molecule has 0 atom stereocenters. The second-order valence-electron chi connectivity index (χ2n) is 3.32. The lowest BCUT2D eigenvalue weighted by Gasteiger charge is -2.43. The molecule has 8 heavy (non-hydrogen) atoms. The molecule has 0 bridgehead atoms. The molecule has 0 aromatic heterocycles. The van der Waals surface area contributed by atoms with Crippen molar-refractivity contribution in [2.24, 2.45) is 5.92 Å². The molecule has 0 spiro atoms. The molecule has 1 fully saturated rings. The van der Waals surface area contributed by atoms with Crippen LogP contribution in [0, 0.1) is 5.92 Å². The topological polar surface area (TPSA) is 0 Å². The van der Waals surface area contributed by atoms with E-state index in [9.17, 15) is 0 Å². The van der Waals surface area contributed by atoms with E-state index in [0.717, 1.165) is 5.92 Å². The van der Waals surface area contributed by atoms with Crippen LogP contribution in [0.25, 0.3) is 0 Å². The minimum absolute atomic E-state index is 0.949. The van der Waals surface area contributed by atoms with Crippen LogP contribution in [-0.4, -0.2) is 37.0 Å². The van der Waals surface area contributed by atoms with E-state index in [1.165, 1.54) is 22.9 Å². The minimum atomic E-state index is 0.949. The number of nitrogens with zero attached hydrogens (tertiary/aromatic N) is 1. The van der Waals surface area contributed by atoms with Crippen LogP contribution < -0.4 is 0 Å². The quantitative estimate of drug-likeness (QED) is 0.417. The van der Waals surface area contributed by atoms with E-state index in [-0.39, 0.29) is 0 Å². The van der Waals surface area contributed by atoms with E-state index in [2.05, 4.69) is 30.0 Å². The fourth-order valence-electron chi connectivity index (χ4n) is 1.44. The van der Waals surface area contributed by atoms with Gasteiger partial charge in [-0.05, 0) is 0 Å². The highest BCUT2D eigenvalue weighted by Crippen LogP contribution is 2.21. The Hall–Kier alpha value is 0.440. The smallest absolute Gasteiger partial charge is 0.0874 e. The number of quaternary nitrogens is 1. The van der Waals surface area contributed by atoms with Crippen LogP contribution in [0.5, 0.6) is 0 Å². The third-order valence-corrected chi connectivity index (χ3v) is 2.64. The summed E-state index contributed by atoms with van der Waals surface area (Å²) in [5.41, 5.74) is 0. The number of halogens is 1. The van der Waals surface area contributed by atoms with Gasteiger partial charge in [-0.15, -0.1) is 0 Å². The fraction of sp³-hybridized carbons (Fsp3) is 1.00.